The average Bonchev–Trinajstić information content (AvgIpc) is 3.40. The number of carbonyl (C=O) groups is 2. The number of aromatic amines is 2. The van der Waals surface area contributed by atoms with E-state index >= 15 is 0 Å². The Morgan fingerprint density at radius 3 is 1.28 bits per heavy atom. The second kappa shape index (κ2) is 6.72. The van der Waals surface area contributed by atoms with Crippen LogP contribution in [0.5, 0.6) is 0 Å². The monoisotopic (exact) mass is 488 g/mol. The summed E-state index contributed by atoms with van der Waals surface area (Å²) in [6.07, 6.45) is 0. The molecule has 6 atom stereocenters. The summed E-state index contributed by atoms with van der Waals surface area (Å²) < 4.78 is 0. The molecule has 8 nitrogen and oxygen atoms in total. The van der Waals surface area contributed by atoms with Gasteiger partial charge in [0.2, 0.25) is 0 Å². The van der Waals surface area contributed by atoms with Gasteiger partial charge < -0.3 is 30.4 Å². The molecule has 0 radical (unpaired) electrons. The van der Waals surface area contributed by atoms with E-state index in [0.717, 1.165) is 0 Å². The molecule has 8 heteroatoms. The van der Waals surface area contributed by atoms with Gasteiger partial charge in [-0.2, -0.15) is 0 Å². The number of Topliss-reactive ketones (excluding diaryl/α,β-unsaturated/α-hetero) is 2. The lowest BCUT2D eigenvalue weighted by molar-refractivity contribution is -0.182. The molecule has 0 aliphatic heterocycles. The van der Waals surface area contributed by atoms with Gasteiger partial charge in [-0.05, 0) is 51.0 Å². The number of para-hydroxylation sites is 2. The third-order valence-electron chi connectivity index (χ3n) is 8.84. The zero-order valence-electron chi connectivity index (χ0n) is 20.4. The summed E-state index contributed by atoms with van der Waals surface area (Å²) in [5.74, 6) is -3.95. The standard InChI is InChI=1S/C28H28N2O6/c1-25(33)21-17(13-9-5-7-11-15(13)29-21)19(23(31)27(25,3)35)20-18-14-10-6-8-12-16(14)30-22(18)26(2,34)28(4,36)24(20)32/h5-12,19-20,29-30,33-36H,1-4H3/t19-,20-,25+,26+,27+,28+/m0/s1. The van der Waals surface area contributed by atoms with E-state index < -0.39 is 45.8 Å². The number of hydrogen-bond acceptors (Lipinski definition) is 6. The molecule has 0 amide bonds. The number of carbonyl (C=O) groups excluding carboxylic acids is 2. The molecule has 6 rings (SSSR count). The summed E-state index contributed by atoms with van der Waals surface area (Å²) >= 11 is 0. The third-order valence-corrected chi connectivity index (χ3v) is 8.84. The minimum atomic E-state index is -2.25. The van der Waals surface area contributed by atoms with Gasteiger partial charge in [0.15, 0.2) is 22.8 Å². The molecule has 2 heterocycles. The highest BCUT2D eigenvalue weighted by Crippen LogP contribution is 2.57. The van der Waals surface area contributed by atoms with E-state index in [0.29, 0.717) is 32.9 Å². The molecular formula is C28H28N2O6. The van der Waals surface area contributed by atoms with E-state index in [9.17, 15) is 30.0 Å². The van der Waals surface area contributed by atoms with Crippen LogP contribution in [0.25, 0.3) is 21.8 Å². The number of rotatable bonds is 1. The van der Waals surface area contributed by atoms with Gasteiger partial charge in [-0.15, -0.1) is 0 Å². The first kappa shape index (κ1) is 23.1. The van der Waals surface area contributed by atoms with Crippen LogP contribution in [0.3, 0.4) is 0 Å². The van der Waals surface area contributed by atoms with Gasteiger partial charge in [-0.1, -0.05) is 36.4 Å². The maximum absolute atomic E-state index is 14.1. The first-order chi connectivity index (χ1) is 16.7. The van der Waals surface area contributed by atoms with E-state index in [4.69, 9.17) is 0 Å². The van der Waals surface area contributed by atoms with Crippen molar-refractivity contribution in [3.63, 3.8) is 0 Å². The van der Waals surface area contributed by atoms with Gasteiger partial charge in [0.25, 0.3) is 0 Å². The van der Waals surface area contributed by atoms with E-state index in [1.54, 1.807) is 48.5 Å². The van der Waals surface area contributed by atoms with Crippen molar-refractivity contribution in [2.45, 2.75) is 61.9 Å². The summed E-state index contributed by atoms with van der Waals surface area (Å²) in [6.45, 7) is 5.23. The van der Waals surface area contributed by atoms with Gasteiger partial charge in [-0.3, -0.25) is 9.59 Å². The second-order valence-electron chi connectivity index (χ2n) is 10.9. The highest BCUT2D eigenvalue weighted by atomic mass is 16.4. The Bertz CT molecular complexity index is 1480. The largest absolute Gasteiger partial charge is 0.380 e. The number of hydrogen-bond donors (Lipinski definition) is 6. The number of benzene rings is 2. The van der Waals surface area contributed by atoms with Crippen LogP contribution in [-0.4, -0.2) is 53.2 Å². The summed E-state index contributed by atoms with van der Waals surface area (Å²) in [5.41, 5.74) is -5.87. The van der Waals surface area contributed by atoms with E-state index in [2.05, 4.69) is 9.97 Å². The lowest BCUT2D eigenvalue weighted by Crippen LogP contribution is -2.63. The molecule has 2 aromatic carbocycles. The normalized spacial score (nSPS) is 36.3. The zero-order valence-corrected chi connectivity index (χ0v) is 20.4. The molecule has 36 heavy (non-hydrogen) atoms. The van der Waals surface area contributed by atoms with Crippen LogP contribution < -0.4 is 0 Å². The van der Waals surface area contributed by atoms with Gasteiger partial charge in [0.05, 0.1) is 23.2 Å². The average molecular weight is 489 g/mol. The summed E-state index contributed by atoms with van der Waals surface area (Å²) in [5, 5.41) is 47.0. The Labute approximate surface area is 206 Å². The molecule has 0 saturated carbocycles. The van der Waals surface area contributed by atoms with Crippen molar-refractivity contribution >= 4 is 33.4 Å². The number of H-pyrrole nitrogens is 2. The molecule has 0 saturated heterocycles. The van der Waals surface area contributed by atoms with Crippen LogP contribution in [0.15, 0.2) is 48.5 Å². The molecule has 186 valence electrons. The van der Waals surface area contributed by atoms with Crippen molar-refractivity contribution in [1.82, 2.24) is 9.97 Å². The Morgan fingerprint density at radius 2 is 0.917 bits per heavy atom. The summed E-state index contributed by atoms with van der Waals surface area (Å²) in [6, 6.07) is 14.4. The number of ketones is 2. The molecule has 0 bridgehead atoms. The van der Waals surface area contributed by atoms with Crippen molar-refractivity contribution in [2.24, 2.45) is 0 Å². The molecule has 0 unspecified atom stereocenters. The number of aliphatic hydroxyl groups is 4. The zero-order chi connectivity index (χ0) is 26.0. The summed E-state index contributed by atoms with van der Waals surface area (Å²) in [4.78, 5) is 34.6. The Hall–Kier alpha value is -3.30. The first-order valence-electron chi connectivity index (χ1n) is 11.9. The van der Waals surface area contributed by atoms with Gasteiger partial charge in [0, 0.05) is 21.8 Å². The minimum absolute atomic E-state index is 0.240. The number of aromatic nitrogens is 2. The van der Waals surface area contributed by atoms with E-state index in [1.165, 1.54) is 27.7 Å². The van der Waals surface area contributed by atoms with Crippen LogP contribution in [-0.2, 0) is 20.8 Å². The van der Waals surface area contributed by atoms with Crippen LogP contribution >= 0.6 is 0 Å². The SMILES string of the molecule is C[C@@]1(O)C(=O)[C@H]([C@H]2C(=O)[C@@](C)(O)[C@](C)(O)c3[nH]c4ccccc4c32)c2c([nH]c3ccccc23)[C@@]1(C)O. The molecule has 4 aromatic rings. The number of fused-ring (bicyclic) bond motifs is 6. The summed E-state index contributed by atoms with van der Waals surface area (Å²) in [7, 11) is 0. The molecular weight excluding hydrogens is 460 g/mol. The van der Waals surface area contributed by atoms with Crippen LogP contribution in [0.4, 0.5) is 0 Å². The quantitative estimate of drug-likeness (QED) is 0.243. The molecule has 6 N–H and O–H groups in total. The third kappa shape index (κ3) is 2.47. The lowest BCUT2D eigenvalue weighted by atomic mass is 9.57. The van der Waals surface area contributed by atoms with Crippen molar-refractivity contribution in [3.05, 3.63) is 71.0 Å². The molecule has 0 fully saturated rings. The van der Waals surface area contributed by atoms with Gasteiger partial charge >= 0.3 is 0 Å². The Kier molecular flexibility index (Phi) is 4.31. The smallest absolute Gasteiger partial charge is 0.176 e. The minimum Gasteiger partial charge on any atom is -0.380 e. The molecule has 2 aliphatic rings. The second-order valence-corrected chi connectivity index (χ2v) is 10.9. The molecule has 0 spiro atoms. The van der Waals surface area contributed by atoms with Crippen molar-refractivity contribution < 1.29 is 30.0 Å². The van der Waals surface area contributed by atoms with Crippen LogP contribution in [0.2, 0.25) is 0 Å². The Morgan fingerprint density at radius 1 is 0.583 bits per heavy atom. The van der Waals surface area contributed by atoms with Gasteiger partial charge in [-0.25, -0.2) is 0 Å². The van der Waals surface area contributed by atoms with Crippen LogP contribution in [0.1, 0.15) is 62.0 Å². The van der Waals surface area contributed by atoms with Crippen LogP contribution in [0, 0.1) is 0 Å². The topological polar surface area (TPSA) is 147 Å². The van der Waals surface area contributed by atoms with Crippen molar-refractivity contribution in [3.8, 4) is 0 Å². The fraction of sp³-hybridized carbons (Fsp3) is 0.357. The van der Waals surface area contributed by atoms with Crippen molar-refractivity contribution in [2.75, 3.05) is 0 Å². The van der Waals surface area contributed by atoms with Crippen molar-refractivity contribution in [1.29, 1.82) is 0 Å². The lowest BCUT2D eigenvalue weighted by Gasteiger charge is -2.49. The number of nitrogens with one attached hydrogen (secondary N) is 2. The van der Waals surface area contributed by atoms with Gasteiger partial charge in [0.1, 0.15) is 11.2 Å². The predicted molar refractivity (Wildman–Crippen MR) is 132 cm³/mol. The maximum atomic E-state index is 14.1. The fourth-order valence-electron chi connectivity index (χ4n) is 6.21. The Balaban J connectivity index is 1.75. The molecule has 2 aliphatic carbocycles. The maximum Gasteiger partial charge on any atom is 0.176 e. The first-order valence-corrected chi connectivity index (χ1v) is 11.9. The fourth-order valence-corrected chi connectivity index (χ4v) is 6.21. The van der Waals surface area contributed by atoms with E-state index in [1.807, 2.05) is 0 Å². The highest BCUT2D eigenvalue weighted by molar-refractivity contribution is 6.10. The highest BCUT2D eigenvalue weighted by Gasteiger charge is 2.65. The predicted octanol–water partition coefficient (Wildman–Crippen LogP) is 2.60. The molecule has 2 aromatic heterocycles. The van der Waals surface area contributed by atoms with E-state index in [-0.39, 0.29) is 11.4 Å².